The summed E-state index contributed by atoms with van der Waals surface area (Å²) in [5.41, 5.74) is 16.5. The van der Waals surface area contributed by atoms with Crippen molar-refractivity contribution in [1.29, 1.82) is 0 Å². The molecule has 1 spiro atoms. The Morgan fingerprint density at radius 3 is 1.58 bits per heavy atom. The fraction of sp³-hybridized carbons (Fsp3) is 0.0167. The van der Waals surface area contributed by atoms with Crippen LogP contribution in [0.25, 0.3) is 89.1 Å². The van der Waals surface area contributed by atoms with Gasteiger partial charge in [0.25, 0.3) is 0 Å². The van der Waals surface area contributed by atoms with Crippen molar-refractivity contribution in [3.8, 4) is 78.9 Å². The average molecular weight is 816 g/mol. The highest BCUT2D eigenvalue weighted by Crippen LogP contribution is 2.62. The zero-order valence-corrected chi connectivity index (χ0v) is 34.6. The van der Waals surface area contributed by atoms with Gasteiger partial charge in [0.05, 0.1) is 28.0 Å². The number of para-hydroxylation sites is 2. The van der Waals surface area contributed by atoms with Gasteiger partial charge in [-0.15, -0.1) is 0 Å². The zero-order valence-electron chi connectivity index (χ0n) is 34.6. The number of aromatic nitrogens is 3. The molecule has 11 aromatic rings. The maximum absolute atomic E-state index is 6.68. The van der Waals surface area contributed by atoms with E-state index in [9.17, 15) is 0 Å². The Morgan fingerprint density at radius 1 is 0.312 bits per heavy atom. The molecule has 1 aliphatic carbocycles. The number of fused-ring (bicyclic) bond motifs is 12. The molecule has 0 saturated heterocycles. The van der Waals surface area contributed by atoms with Crippen LogP contribution in [-0.2, 0) is 5.41 Å². The van der Waals surface area contributed by atoms with Gasteiger partial charge in [-0.2, -0.15) is 0 Å². The molecule has 0 bridgehead atoms. The van der Waals surface area contributed by atoms with Gasteiger partial charge in [-0.05, 0) is 87.3 Å². The molecule has 2 aromatic heterocycles. The lowest BCUT2D eigenvalue weighted by molar-refractivity contribution is 0.436. The molecule has 0 N–H and O–H groups in total. The molecule has 64 heavy (non-hydrogen) atoms. The minimum absolute atomic E-state index is 0.605. The van der Waals surface area contributed by atoms with Gasteiger partial charge >= 0.3 is 0 Å². The van der Waals surface area contributed by atoms with Crippen molar-refractivity contribution >= 4 is 21.7 Å². The number of hydrogen-bond acceptors (Lipinski definition) is 4. The molecule has 0 atom stereocenters. The number of pyridine rings is 1. The van der Waals surface area contributed by atoms with E-state index < -0.39 is 5.41 Å². The summed E-state index contributed by atoms with van der Waals surface area (Å²) in [6, 6.07) is 79.5. The Balaban J connectivity index is 1.09. The van der Waals surface area contributed by atoms with E-state index in [-0.39, 0.29) is 0 Å². The van der Waals surface area contributed by atoms with Gasteiger partial charge < -0.3 is 4.74 Å². The minimum Gasteiger partial charge on any atom is -0.457 e. The third-order valence-electron chi connectivity index (χ3n) is 13.1. The molecule has 0 saturated carbocycles. The van der Waals surface area contributed by atoms with Gasteiger partial charge in [0, 0.05) is 44.2 Å². The molecule has 4 nitrogen and oxygen atoms in total. The highest BCUT2D eigenvalue weighted by Gasteiger charge is 2.51. The Hall–Kier alpha value is -8.47. The first-order valence-corrected chi connectivity index (χ1v) is 21.8. The molecular weight excluding hydrogens is 779 g/mol. The first-order valence-electron chi connectivity index (χ1n) is 21.8. The predicted octanol–water partition coefficient (Wildman–Crippen LogP) is 15.0. The normalized spacial score (nSPS) is 12.9. The minimum atomic E-state index is -0.605. The van der Waals surface area contributed by atoms with Crippen LogP contribution in [0.15, 0.2) is 224 Å². The second kappa shape index (κ2) is 14.3. The summed E-state index contributed by atoms with van der Waals surface area (Å²) in [7, 11) is 0. The number of rotatable bonds is 5. The number of ether oxygens (including phenoxy) is 1. The van der Waals surface area contributed by atoms with Gasteiger partial charge in [0.2, 0.25) is 0 Å². The van der Waals surface area contributed by atoms with Gasteiger partial charge in [0.1, 0.15) is 11.5 Å². The van der Waals surface area contributed by atoms with E-state index in [1.807, 2.05) is 24.3 Å². The quantitative estimate of drug-likeness (QED) is 0.162. The standard InChI is InChI=1S/C60H37N3O/c1-4-17-38(18-5-1)41-23-16-24-42(33-41)54-37-55(63-59(62-54)40-21-8-3-9-22-40)43-31-32-53-47(34-43)45-36-52-46(35-48(45)58(61-53)39-19-6-2-7-20-39)44-25-10-11-26-49(44)60(52)50-27-12-14-29-56(50)64-57-30-15-13-28-51(57)60/h1-37H. The van der Waals surface area contributed by atoms with Crippen LogP contribution in [0, 0.1) is 0 Å². The summed E-state index contributed by atoms with van der Waals surface area (Å²) >= 11 is 0. The first-order chi connectivity index (χ1) is 31.7. The lowest BCUT2D eigenvalue weighted by Gasteiger charge is -2.39. The van der Waals surface area contributed by atoms with E-state index in [4.69, 9.17) is 19.7 Å². The van der Waals surface area contributed by atoms with Crippen LogP contribution >= 0.6 is 0 Å². The predicted molar refractivity (Wildman–Crippen MR) is 259 cm³/mol. The largest absolute Gasteiger partial charge is 0.457 e. The van der Waals surface area contributed by atoms with Crippen molar-refractivity contribution < 1.29 is 4.74 Å². The lowest BCUT2D eigenvalue weighted by Crippen LogP contribution is -2.32. The van der Waals surface area contributed by atoms with Crippen LogP contribution in [0.4, 0.5) is 0 Å². The monoisotopic (exact) mass is 815 g/mol. The Bertz CT molecular complexity index is 3590. The number of nitrogens with zero attached hydrogens (tertiary/aromatic N) is 3. The van der Waals surface area contributed by atoms with E-state index in [2.05, 4.69) is 200 Å². The maximum atomic E-state index is 6.68. The summed E-state index contributed by atoms with van der Waals surface area (Å²) in [5.74, 6) is 2.42. The molecule has 2 aliphatic rings. The van der Waals surface area contributed by atoms with Crippen molar-refractivity contribution in [3.63, 3.8) is 0 Å². The van der Waals surface area contributed by atoms with Crippen LogP contribution < -0.4 is 4.74 Å². The van der Waals surface area contributed by atoms with Crippen LogP contribution in [0.3, 0.4) is 0 Å². The van der Waals surface area contributed by atoms with Crippen LogP contribution in [0.1, 0.15) is 22.3 Å². The van der Waals surface area contributed by atoms with Crippen LogP contribution in [0.2, 0.25) is 0 Å². The van der Waals surface area contributed by atoms with Crippen molar-refractivity contribution in [2.75, 3.05) is 0 Å². The lowest BCUT2D eigenvalue weighted by atomic mass is 9.66. The van der Waals surface area contributed by atoms with Crippen molar-refractivity contribution in [2.24, 2.45) is 0 Å². The molecule has 9 aromatic carbocycles. The smallest absolute Gasteiger partial charge is 0.160 e. The summed E-state index contributed by atoms with van der Waals surface area (Å²) in [6.45, 7) is 0. The molecule has 0 unspecified atom stereocenters. The van der Waals surface area contributed by atoms with E-state index in [1.54, 1.807) is 0 Å². The molecule has 4 heteroatoms. The van der Waals surface area contributed by atoms with Gasteiger partial charge in [-0.1, -0.05) is 176 Å². The van der Waals surface area contributed by atoms with Gasteiger partial charge in [0.15, 0.2) is 5.82 Å². The maximum Gasteiger partial charge on any atom is 0.160 e. The fourth-order valence-electron chi connectivity index (χ4n) is 10.3. The van der Waals surface area contributed by atoms with Crippen LogP contribution in [-0.4, -0.2) is 15.0 Å². The third kappa shape index (κ3) is 5.52. The summed E-state index contributed by atoms with van der Waals surface area (Å²) in [6.07, 6.45) is 0. The Kier molecular flexibility index (Phi) is 8.09. The molecule has 0 fully saturated rings. The summed E-state index contributed by atoms with van der Waals surface area (Å²) < 4.78 is 6.68. The highest BCUT2D eigenvalue weighted by molar-refractivity contribution is 6.14. The molecule has 298 valence electrons. The fourth-order valence-corrected chi connectivity index (χ4v) is 10.3. The molecule has 1 aliphatic heterocycles. The van der Waals surface area contributed by atoms with Gasteiger partial charge in [-0.3, -0.25) is 0 Å². The van der Waals surface area contributed by atoms with E-state index in [1.165, 1.54) is 22.3 Å². The van der Waals surface area contributed by atoms with Gasteiger partial charge in [-0.25, -0.2) is 15.0 Å². The summed E-state index contributed by atoms with van der Waals surface area (Å²) in [4.78, 5) is 16.0. The number of hydrogen-bond donors (Lipinski definition) is 0. The molecule has 3 heterocycles. The second-order valence-electron chi connectivity index (χ2n) is 16.7. The topological polar surface area (TPSA) is 47.9 Å². The zero-order chi connectivity index (χ0) is 42.2. The third-order valence-corrected chi connectivity index (χ3v) is 13.1. The van der Waals surface area contributed by atoms with E-state index in [0.29, 0.717) is 5.82 Å². The Morgan fingerprint density at radius 2 is 0.875 bits per heavy atom. The summed E-state index contributed by atoms with van der Waals surface area (Å²) in [5, 5.41) is 3.29. The van der Waals surface area contributed by atoms with E-state index in [0.717, 1.165) is 94.8 Å². The first kappa shape index (κ1) is 36.2. The van der Waals surface area contributed by atoms with Crippen molar-refractivity contribution in [3.05, 3.63) is 247 Å². The van der Waals surface area contributed by atoms with E-state index >= 15 is 0 Å². The average Bonchev–Trinajstić information content (AvgIpc) is 3.65. The molecule has 13 rings (SSSR count). The Labute approximate surface area is 370 Å². The number of benzene rings is 9. The van der Waals surface area contributed by atoms with Crippen molar-refractivity contribution in [1.82, 2.24) is 15.0 Å². The van der Waals surface area contributed by atoms with Crippen molar-refractivity contribution in [2.45, 2.75) is 5.41 Å². The molecule has 0 radical (unpaired) electrons. The SMILES string of the molecule is c1ccc(-c2cccc(-c3cc(-c4ccc5nc(-c6ccccc6)c6cc7c(cc6c5c4)C4(c5ccccc5Oc5ccccc54)c4ccccc4-7)nc(-c4ccccc4)n3)c2)cc1. The molecular formula is C60H37N3O. The molecule has 0 amide bonds. The van der Waals surface area contributed by atoms with Crippen LogP contribution in [0.5, 0.6) is 11.5 Å². The second-order valence-corrected chi connectivity index (χ2v) is 16.7. The highest BCUT2D eigenvalue weighted by atomic mass is 16.5.